The third kappa shape index (κ3) is 19.2. The Balaban J connectivity index is 3.17. The fourth-order valence-corrected chi connectivity index (χ4v) is 5.02. The molecule has 1 rings (SSSR count). The minimum absolute atomic E-state index is 0.180. The number of aliphatic carboxylic acids is 2. The maximum atomic E-state index is 13.3. The van der Waals surface area contributed by atoms with E-state index in [0.717, 1.165) is 57.8 Å². The lowest BCUT2D eigenvalue weighted by atomic mass is 10.1. The molecule has 1 aromatic carbocycles. The molecule has 0 aromatic heterocycles. The molecule has 9 heteroatoms. The molecule has 0 fully saturated rings. The van der Waals surface area contributed by atoms with Gasteiger partial charge in [0, 0.05) is 12.0 Å². The Bertz CT molecular complexity index is 912. The van der Waals surface area contributed by atoms with Crippen molar-refractivity contribution in [2.45, 2.75) is 155 Å². The van der Waals surface area contributed by atoms with Crippen LogP contribution in [-0.4, -0.2) is 53.9 Å². The second kappa shape index (κ2) is 26.3. The average Bonchev–Trinajstić information content (AvgIpc) is 3.01. The number of unbranched alkanes of at least 4 members (excludes halogenated alkanes) is 15. The summed E-state index contributed by atoms with van der Waals surface area (Å²) >= 11 is 0. The molecule has 1 amide bonds. The van der Waals surface area contributed by atoms with Crippen molar-refractivity contribution in [3.63, 3.8) is 0 Å². The lowest BCUT2D eigenvalue weighted by Gasteiger charge is -2.20. The third-order valence-electron chi connectivity index (χ3n) is 7.79. The first-order valence-electron chi connectivity index (χ1n) is 17.7. The van der Waals surface area contributed by atoms with Crippen molar-refractivity contribution < 1.29 is 38.8 Å². The molecule has 1 atom stereocenters. The second-order valence-corrected chi connectivity index (χ2v) is 11.9. The monoisotopic (exact) mass is 635 g/mol. The molecule has 0 radical (unpaired) electrons. The highest BCUT2D eigenvalue weighted by Gasteiger charge is 2.24. The number of carboxylic acids is 2. The Morgan fingerprint density at radius 1 is 0.622 bits per heavy atom. The normalized spacial score (nSPS) is 11.6. The molecule has 0 spiro atoms. The van der Waals surface area contributed by atoms with Crippen LogP contribution in [0.25, 0.3) is 0 Å². The second-order valence-electron chi connectivity index (χ2n) is 11.9. The van der Waals surface area contributed by atoms with E-state index in [1.54, 1.807) is 12.1 Å². The number of ether oxygens (including phenoxy) is 3. The van der Waals surface area contributed by atoms with E-state index in [0.29, 0.717) is 37.1 Å². The Hall–Kier alpha value is -2.97. The molecule has 0 aliphatic carbocycles. The van der Waals surface area contributed by atoms with Crippen molar-refractivity contribution in [1.82, 2.24) is 5.32 Å². The number of carbonyl (C=O) groups excluding carboxylic acids is 1. The number of rotatable bonds is 30. The highest BCUT2D eigenvalue weighted by Crippen LogP contribution is 2.40. The zero-order valence-corrected chi connectivity index (χ0v) is 28.3. The molecule has 0 saturated carbocycles. The van der Waals surface area contributed by atoms with E-state index in [2.05, 4.69) is 26.1 Å². The quantitative estimate of drug-likeness (QED) is 0.0714. The van der Waals surface area contributed by atoms with E-state index in [9.17, 15) is 19.5 Å². The van der Waals surface area contributed by atoms with Crippen LogP contribution in [0.1, 0.15) is 160 Å². The van der Waals surface area contributed by atoms with Gasteiger partial charge in [0.05, 0.1) is 19.8 Å². The van der Waals surface area contributed by atoms with E-state index in [1.165, 1.54) is 57.8 Å². The van der Waals surface area contributed by atoms with E-state index in [4.69, 9.17) is 19.3 Å². The van der Waals surface area contributed by atoms with Crippen molar-refractivity contribution in [2.75, 3.05) is 19.8 Å². The first-order valence-corrected chi connectivity index (χ1v) is 17.7. The van der Waals surface area contributed by atoms with Gasteiger partial charge in [-0.3, -0.25) is 9.59 Å². The van der Waals surface area contributed by atoms with Gasteiger partial charge >= 0.3 is 11.9 Å². The summed E-state index contributed by atoms with van der Waals surface area (Å²) in [4.78, 5) is 36.1. The van der Waals surface area contributed by atoms with Crippen molar-refractivity contribution in [3.8, 4) is 17.2 Å². The maximum absolute atomic E-state index is 13.3. The highest BCUT2D eigenvalue weighted by atomic mass is 16.5. The van der Waals surface area contributed by atoms with Gasteiger partial charge in [-0.1, -0.05) is 117 Å². The van der Waals surface area contributed by atoms with Gasteiger partial charge in [0.1, 0.15) is 6.04 Å². The van der Waals surface area contributed by atoms with E-state index in [-0.39, 0.29) is 18.4 Å². The van der Waals surface area contributed by atoms with Gasteiger partial charge in [-0.25, -0.2) is 4.79 Å². The summed E-state index contributed by atoms with van der Waals surface area (Å²) in [5, 5.41) is 21.1. The summed E-state index contributed by atoms with van der Waals surface area (Å²) in [6.45, 7) is 7.99. The highest BCUT2D eigenvalue weighted by molar-refractivity contribution is 5.97. The fourth-order valence-electron chi connectivity index (χ4n) is 5.02. The number of nitrogens with one attached hydrogen (secondary N) is 1. The van der Waals surface area contributed by atoms with Crippen LogP contribution in [0.5, 0.6) is 17.2 Å². The molecule has 0 unspecified atom stereocenters. The molecular weight excluding hydrogens is 574 g/mol. The third-order valence-corrected chi connectivity index (χ3v) is 7.79. The van der Waals surface area contributed by atoms with Gasteiger partial charge in [-0.2, -0.15) is 0 Å². The summed E-state index contributed by atoms with van der Waals surface area (Å²) in [6.07, 6.45) is 19.4. The zero-order valence-electron chi connectivity index (χ0n) is 28.3. The number of hydrogen-bond acceptors (Lipinski definition) is 6. The first-order chi connectivity index (χ1) is 21.8. The van der Waals surface area contributed by atoms with Gasteiger partial charge < -0.3 is 29.7 Å². The van der Waals surface area contributed by atoms with Crippen LogP contribution in [-0.2, 0) is 9.59 Å². The summed E-state index contributed by atoms with van der Waals surface area (Å²) in [5.74, 6) is -1.78. The van der Waals surface area contributed by atoms with Gasteiger partial charge in [0.15, 0.2) is 11.5 Å². The summed E-state index contributed by atoms with van der Waals surface area (Å²) in [5.41, 5.74) is 0.180. The molecular formula is C36H61NO8. The Labute approximate surface area is 271 Å². The van der Waals surface area contributed by atoms with Crippen molar-refractivity contribution in [2.24, 2.45) is 0 Å². The summed E-state index contributed by atoms with van der Waals surface area (Å²) in [6, 6.07) is 1.82. The van der Waals surface area contributed by atoms with Crippen molar-refractivity contribution in [3.05, 3.63) is 17.7 Å². The van der Waals surface area contributed by atoms with E-state index < -0.39 is 23.9 Å². The van der Waals surface area contributed by atoms with Crippen molar-refractivity contribution in [1.29, 1.82) is 0 Å². The Morgan fingerprint density at radius 3 is 1.42 bits per heavy atom. The standard InChI is InChI=1S/C36H61NO8/c1-4-7-10-13-16-19-24-43-31-27-29(35(40)37-30(36(41)42)22-23-33(38)39)28-32(44-25-20-17-14-11-8-5-2)34(31)45-26-21-18-15-12-9-6-3/h27-28,30H,4-26H2,1-3H3,(H,37,40)(H,38,39)(H,41,42)/t30-/m1/s1. The van der Waals surface area contributed by atoms with E-state index >= 15 is 0 Å². The molecule has 9 nitrogen and oxygen atoms in total. The van der Waals surface area contributed by atoms with E-state index in [1.807, 2.05) is 0 Å². The van der Waals surface area contributed by atoms with Gasteiger partial charge in [-0.05, 0) is 37.8 Å². The van der Waals surface area contributed by atoms with Gasteiger partial charge in [0.2, 0.25) is 5.75 Å². The molecule has 45 heavy (non-hydrogen) atoms. The van der Waals surface area contributed by atoms with Crippen LogP contribution in [0.2, 0.25) is 0 Å². The Morgan fingerprint density at radius 2 is 1.02 bits per heavy atom. The van der Waals surface area contributed by atoms with Gasteiger partial charge in [-0.15, -0.1) is 0 Å². The lowest BCUT2D eigenvalue weighted by molar-refractivity contribution is -0.140. The van der Waals surface area contributed by atoms with Crippen LogP contribution < -0.4 is 19.5 Å². The summed E-state index contributed by atoms with van der Waals surface area (Å²) in [7, 11) is 0. The van der Waals surface area contributed by atoms with Gasteiger partial charge in [0.25, 0.3) is 5.91 Å². The Kier molecular flexibility index (Phi) is 23.4. The molecule has 0 aliphatic heterocycles. The zero-order chi connectivity index (χ0) is 33.1. The predicted molar refractivity (Wildman–Crippen MR) is 179 cm³/mol. The maximum Gasteiger partial charge on any atom is 0.326 e. The van der Waals surface area contributed by atoms with Crippen LogP contribution in [0.3, 0.4) is 0 Å². The molecule has 0 heterocycles. The molecule has 0 aliphatic rings. The smallest absolute Gasteiger partial charge is 0.326 e. The van der Waals surface area contributed by atoms with Crippen LogP contribution in [0.15, 0.2) is 12.1 Å². The van der Waals surface area contributed by atoms with Crippen LogP contribution >= 0.6 is 0 Å². The number of benzene rings is 1. The largest absolute Gasteiger partial charge is 0.490 e. The molecule has 258 valence electrons. The minimum Gasteiger partial charge on any atom is -0.490 e. The first kappa shape index (κ1) is 40.1. The fraction of sp³-hybridized carbons (Fsp3) is 0.750. The summed E-state index contributed by atoms with van der Waals surface area (Å²) < 4.78 is 18.7. The number of hydrogen-bond donors (Lipinski definition) is 3. The molecule has 0 bridgehead atoms. The SMILES string of the molecule is CCCCCCCCOc1cc(C(=O)N[C@H](CCC(=O)O)C(=O)O)cc(OCCCCCCCC)c1OCCCCCCCC. The number of carboxylic acid groups (broad SMARTS) is 2. The predicted octanol–water partition coefficient (Wildman–Crippen LogP) is 8.95. The van der Waals surface area contributed by atoms with Crippen LogP contribution in [0, 0.1) is 0 Å². The number of amides is 1. The molecule has 0 saturated heterocycles. The van der Waals surface area contributed by atoms with Crippen molar-refractivity contribution >= 4 is 17.8 Å². The molecule has 3 N–H and O–H groups in total. The number of carbonyl (C=O) groups is 3. The average molecular weight is 636 g/mol. The van der Waals surface area contributed by atoms with Crippen LogP contribution in [0.4, 0.5) is 0 Å². The lowest BCUT2D eigenvalue weighted by Crippen LogP contribution is -2.41. The molecule has 1 aromatic rings. The topological polar surface area (TPSA) is 131 Å². The minimum atomic E-state index is -1.34.